The van der Waals surface area contributed by atoms with Gasteiger partial charge in [-0.05, 0) is 50.6 Å². The van der Waals surface area contributed by atoms with E-state index in [1.54, 1.807) is 0 Å². The van der Waals surface area contributed by atoms with Crippen LogP contribution in [0, 0.1) is 0 Å². The molecule has 0 radical (unpaired) electrons. The fourth-order valence-electron chi connectivity index (χ4n) is 1.87. The Kier molecular flexibility index (Phi) is 3.16. The summed E-state index contributed by atoms with van der Waals surface area (Å²) in [7, 11) is 2.09. The number of rotatable bonds is 3. The van der Waals surface area contributed by atoms with E-state index in [-0.39, 0.29) is 5.54 Å². The van der Waals surface area contributed by atoms with Crippen molar-refractivity contribution in [3.05, 3.63) is 30.3 Å². The molecule has 3 nitrogen and oxygen atoms in total. The molecule has 0 amide bonds. The van der Waals surface area contributed by atoms with Gasteiger partial charge in [0.15, 0.2) is 0 Å². The molecule has 1 heterocycles. The third-order valence-electron chi connectivity index (χ3n) is 3.82. The van der Waals surface area contributed by atoms with Crippen LogP contribution in [0.25, 0.3) is 10.9 Å². The smallest absolute Gasteiger partial charge is 0.129 e. The van der Waals surface area contributed by atoms with Gasteiger partial charge in [-0.25, -0.2) is 4.98 Å². The van der Waals surface area contributed by atoms with Gasteiger partial charge in [-0.2, -0.15) is 0 Å². The Hall–Kier alpha value is -1.77. The highest BCUT2D eigenvalue weighted by Gasteiger charge is 2.22. The first-order chi connectivity index (χ1) is 8.44. The Morgan fingerprint density at radius 2 is 1.94 bits per heavy atom. The predicted octanol–water partition coefficient (Wildman–Crippen LogP) is 3.44. The zero-order chi connectivity index (χ0) is 13.3. The average Bonchev–Trinajstić information content (AvgIpc) is 2.37. The van der Waals surface area contributed by atoms with Crippen LogP contribution in [-0.4, -0.2) is 17.6 Å². The maximum atomic E-state index is 5.77. The molecule has 2 aromatic rings. The maximum Gasteiger partial charge on any atom is 0.129 e. The molecular weight excluding hydrogens is 222 g/mol. The molecule has 0 saturated heterocycles. The van der Waals surface area contributed by atoms with Crippen molar-refractivity contribution in [2.75, 3.05) is 17.7 Å². The van der Waals surface area contributed by atoms with E-state index in [9.17, 15) is 0 Å². The zero-order valence-corrected chi connectivity index (χ0v) is 11.6. The Labute approximate surface area is 109 Å². The van der Waals surface area contributed by atoms with Gasteiger partial charge in [0.05, 0.1) is 5.52 Å². The molecule has 1 aromatic heterocycles. The van der Waals surface area contributed by atoms with E-state index in [0.29, 0.717) is 0 Å². The minimum atomic E-state index is 0.106. The number of benzene rings is 1. The van der Waals surface area contributed by atoms with Crippen LogP contribution >= 0.6 is 0 Å². The second-order valence-electron chi connectivity index (χ2n) is 5.35. The molecule has 0 bridgehead atoms. The van der Waals surface area contributed by atoms with Crippen molar-refractivity contribution in [3.8, 4) is 0 Å². The molecule has 0 aliphatic rings. The minimum absolute atomic E-state index is 0.106. The maximum absolute atomic E-state index is 5.77. The number of pyridine rings is 1. The average molecular weight is 243 g/mol. The van der Waals surface area contributed by atoms with Crippen molar-refractivity contribution < 1.29 is 0 Å². The third-order valence-corrected chi connectivity index (χ3v) is 3.82. The van der Waals surface area contributed by atoms with E-state index in [2.05, 4.69) is 44.9 Å². The van der Waals surface area contributed by atoms with Crippen LogP contribution in [0.3, 0.4) is 0 Å². The lowest BCUT2D eigenvalue weighted by molar-refractivity contribution is 0.467. The van der Waals surface area contributed by atoms with Gasteiger partial charge in [0.1, 0.15) is 5.82 Å². The lowest BCUT2D eigenvalue weighted by atomic mass is 10.00. The second-order valence-corrected chi connectivity index (χ2v) is 5.35. The van der Waals surface area contributed by atoms with Crippen LogP contribution in [0.15, 0.2) is 30.3 Å². The molecule has 0 spiro atoms. The van der Waals surface area contributed by atoms with Crippen molar-refractivity contribution in [1.29, 1.82) is 0 Å². The summed E-state index contributed by atoms with van der Waals surface area (Å²) in [6.45, 7) is 6.64. The SMILES string of the molecule is CCC(C)(C)N(C)c1ccc2cc(N)ccc2n1. The molecule has 0 fully saturated rings. The molecule has 0 aliphatic carbocycles. The number of hydrogen-bond donors (Lipinski definition) is 1. The second kappa shape index (κ2) is 4.48. The number of nitrogen functional groups attached to an aromatic ring is 1. The van der Waals surface area contributed by atoms with Gasteiger partial charge in [-0.15, -0.1) is 0 Å². The first-order valence-electron chi connectivity index (χ1n) is 6.34. The summed E-state index contributed by atoms with van der Waals surface area (Å²) in [5, 5.41) is 1.08. The van der Waals surface area contributed by atoms with Gasteiger partial charge in [0.25, 0.3) is 0 Å². The number of nitrogens with two attached hydrogens (primary N) is 1. The normalized spacial score (nSPS) is 11.8. The van der Waals surface area contributed by atoms with E-state index < -0.39 is 0 Å². The van der Waals surface area contributed by atoms with Crippen LogP contribution in [0.4, 0.5) is 11.5 Å². The molecule has 1 aromatic carbocycles. The Bertz CT molecular complexity index is 561. The topological polar surface area (TPSA) is 42.1 Å². The van der Waals surface area contributed by atoms with Crippen molar-refractivity contribution in [3.63, 3.8) is 0 Å². The zero-order valence-electron chi connectivity index (χ0n) is 11.6. The number of anilines is 2. The third kappa shape index (κ3) is 2.26. The number of aromatic nitrogens is 1. The Balaban J connectivity index is 2.44. The van der Waals surface area contributed by atoms with Gasteiger partial charge in [0, 0.05) is 23.7 Å². The van der Waals surface area contributed by atoms with Gasteiger partial charge < -0.3 is 10.6 Å². The molecule has 0 aliphatic heterocycles. The van der Waals surface area contributed by atoms with Crippen molar-refractivity contribution >= 4 is 22.4 Å². The first-order valence-corrected chi connectivity index (χ1v) is 6.34. The summed E-state index contributed by atoms with van der Waals surface area (Å²) in [5.74, 6) is 0.999. The summed E-state index contributed by atoms with van der Waals surface area (Å²) in [4.78, 5) is 6.93. The van der Waals surface area contributed by atoms with E-state index in [1.165, 1.54) is 0 Å². The van der Waals surface area contributed by atoms with E-state index in [1.807, 2.05) is 18.2 Å². The summed E-state index contributed by atoms with van der Waals surface area (Å²) in [5.41, 5.74) is 7.64. The first kappa shape index (κ1) is 12.7. The molecule has 0 saturated carbocycles. The van der Waals surface area contributed by atoms with Crippen LogP contribution in [0.2, 0.25) is 0 Å². The lowest BCUT2D eigenvalue weighted by Crippen LogP contribution is -2.41. The Morgan fingerprint density at radius 1 is 1.22 bits per heavy atom. The van der Waals surface area contributed by atoms with E-state index in [0.717, 1.165) is 28.8 Å². The minimum Gasteiger partial charge on any atom is -0.399 e. The van der Waals surface area contributed by atoms with E-state index in [4.69, 9.17) is 10.7 Å². The van der Waals surface area contributed by atoms with Crippen LogP contribution < -0.4 is 10.6 Å². The summed E-state index contributed by atoms with van der Waals surface area (Å²) < 4.78 is 0. The van der Waals surface area contributed by atoms with Crippen LogP contribution in [0.5, 0.6) is 0 Å². The number of nitrogens with zero attached hydrogens (tertiary/aromatic N) is 2. The largest absolute Gasteiger partial charge is 0.399 e. The highest BCUT2D eigenvalue weighted by molar-refractivity contribution is 5.83. The summed E-state index contributed by atoms with van der Waals surface area (Å²) >= 11 is 0. The van der Waals surface area contributed by atoms with Gasteiger partial charge in [0.2, 0.25) is 0 Å². The molecule has 96 valence electrons. The number of hydrogen-bond acceptors (Lipinski definition) is 3. The molecule has 0 atom stereocenters. The lowest BCUT2D eigenvalue weighted by Gasteiger charge is -2.35. The monoisotopic (exact) mass is 243 g/mol. The Morgan fingerprint density at radius 3 is 2.61 bits per heavy atom. The summed E-state index contributed by atoms with van der Waals surface area (Å²) in [6.07, 6.45) is 1.07. The number of fused-ring (bicyclic) bond motifs is 1. The predicted molar refractivity (Wildman–Crippen MR) is 78.9 cm³/mol. The molecular formula is C15H21N3. The summed E-state index contributed by atoms with van der Waals surface area (Å²) in [6, 6.07) is 9.96. The van der Waals surface area contributed by atoms with Crippen molar-refractivity contribution in [2.24, 2.45) is 0 Å². The quantitative estimate of drug-likeness (QED) is 0.840. The van der Waals surface area contributed by atoms with Crippen LogP contribution in [0.1, 0.15) is 27.2 Å². The standard InChI is InChI=1S/C15H21N3/c1-5-15(2,3)18(4)14-9-6-11-10-12(16)7-8-13(11)17-14/h6-10H,5,16H2,1-4H3. The van der Waals surface area contributed by atoms with Crippen molar-refractivity contribution in [1.82, 2.24) is 4.98 Å². The fourth-order valence-corrected chi connectivity index (χ4v) is 1.87. The van der Waals surface area contributed by atoms with Crippen LogP contribution in [-0.2, 0) is 0 Å². The van der Waals surface area contributed by atoms with Gasteiger partial charge in [-0.1, -0.05) is 6.92 Å². The molecule has 3 heteroatoms. The van der Waals surface area contributed by atoms with E-state index >= 15 is 0 Å². The molecule has 2 rings (SSSR count). The van der Waals surface area contributed by atoms with Gasteiger partial charge >= 0.3 is 0 Å². The van der Waals surface area contributed by atoms with Gasteiger partial charge in [-0.3, -0.25) is 0 Å². The fraction of sp³-hybridized carbons (Fsp3) is 0.400. The highest BCUT2D eigenvalue weighted by Crippen LogP contribution is 2.25. The van der Waals surface area contributed by atoms with Crippen molar-refractivity contribution in [2.45, 2.75) is 32.7 Å². The molecule has 2 N–H and O–H groups in total. The molecule has 18 heavy (non-hydrogen) atoms. The molecule has 0 unspecified atom stereocenters. The highest BCUT2D eigenvalue weighted by atomic mass is 15.2.